The van der Waals surface area contributed by atoms with Crippen LogP contribution >= 0.6 is 0 Å². The van der Waals surface area contributed by atoms with E-state index in [9.17, 15) is 14.7 Å². The van der Waals surface area contributed by atoms with E-state index in [-0.39, 0.29) is 23.3 Å². The number of fused-ring (bicyclic) bond motifs is 3. The van der Waals surface area contributed by atoms with Crippen LogP contribution in [0.2, 0.25) is 0 Å². The van der Waals surface area contributed by atoms with Gasteiger partial charge in [-0.2, -0.15) is 5.10 Å². The summed E-state index contributed by atoms with van der Waals surface area (Å²) in [5.41, 5.74) is 10.6. The van der Waals surface area contributed by atoms with Crippen LogP contribution in [0, 0.1) is 0 Å². The molecule has 0 spiro atoms. The highest BCUT2D eigenvalue weighted by atomic mass is 16.4. The van der Waals surface area contributed by atoms with Gasteiger partial charge in [-0.05, 0) is 68.7 Å². The number of nitrogens with zero attached hydrogens (tertiary/aromatic N) is 6. The van der Waals surface area contributed by atoms with Gasteiger partial charge >= 0.3 is 6.09 Å². The Morgan fingerprint density at radius 2 is 1.93 bits per heavy atom. The molecule has 218 valence electrons. The largest absolute Gasteiger partial charge is 0.465 e. The predicted octanol–water partition coefficient (Wildman–Crippen LogP) is 4.29. The fourth-order valence-corrected chi connectivity index (χ4v) is 6.44. The molecule has 1 fully saturated rings. The van der Waals surface area contributed by atoms with Gasteiger partial charge < -0.3 is 21.1 Å². The zero-order valence-electron chi connectivity index (χ0n) is 24.7. The Morgan fingerprint density at radius 1 is 1.22 bits per heavy atom. The Bertz CT molecular complexity index is 1480. The van der Waals surface area contributed by atoms with E-state index in [1.807, 2.05) is 52.1 Å². The number of carbonyl (C=O) groups is 2. The van der Waals surface area contributed by atoms with Crippen molar-refractivity contribution in [2.45, 2.75) is 77.4 Å². The van der Waals surface area contributed by atoms with Crippen molar-refractivity contribution in [3.63, 3.8) is 0 Å². The number of aromatic nitrogens is 4. The molecule has 3 aromatic rings. The van der Waals surface area contributed by atoms with Crippen LogP contribution in [0.15, 0.2) is 30.5 Å². The second-order valence-corrected chi connectivity index (χ2v) is 12.8. The van der Waals surface area contributed by atoms with Crippen LogP contribution in [0.3, 0.4) is 0 Å². The average molecular weight is 561 g/mol. The summed E-state index contributed by atoms with van der Waals surface area (Å²) in [6, 6.07) is 7.88. The summed E-state index contributed by atoms with van der Waals surface area (Å²) in [5, 5.41) is 17.4. The Balaban J connectivity index is 1.30. The van der Waals surface area contributed by atoms with Crippen LogP contribution in [0.25, 0.3) is 11.4 Å². The smallest absolute Gasteiger partial charge is 0.407 e. The van der Waals surface area contributed by atoms with Gasteiger partial charge in [0.15, 0.2) is 5.69 Å². The van der Waals surface area contributed by atoms with Crippen molar-refractivity contribution in [3.8, 4) is 11.4 Å². The van der Waals surface area contributed by atoms with Gasteiger partial charge in [0.05, 0.1) is 11.4 Å². The van der Waals surface area contributed by atoms with Gasteiger partial charge in [-0.3, -0.25) is 14.4 Å². The maximum Gasteiger partial charge on any atom is 0.407 e. The van der Waals surface area contributed by atoms with Crippen molar-refractivity contribution >= 4 is 23.6 Å². The van der Waals surface area contributed by atoms with Gasteiger partial charge in [-0.25, -0.2) is 14.8 Å². The molecule has 0 unspecified atom stereocenters. The number of amides is 2. The molecule has 0 saturated carbocycles. The zero-order valence-corrected chi connectivity index (χ0v) is 24.7. The van der Waals surface area contributed by atoms with Crippen LogP contribution in [-0.4, -0.2) is 71.3 Å². The highest BCUT2D eigenvalue weighted by molar-refractivity contribution is 6.05. The van der Waals surface area contributed by atoms with E-state index in [0.29, 0.717) is 17.8 Å². The number of carboxylic acid groups (broad SMARTS) is 1. The lowest BCUT2D eigenvalue weighted by Crippen LogP contribution is -2.54. The molecule has 4 N–H and O–H groups in total. The van der Waals surface area contributed by atoms with Crippen LogP contribution in [0.1, 0.15) is 74.6 Å². The first-order valence-corrected chi connectivity index (χ1v) is 14.1. The number of piperidine rings is 1. The fraction of sp³-hybridized carbons (Fsp3) is 0.500. The van der Waals surface area contributed by atoms with Gasteiger partial charge in [0, 0.05) is 55.7 Å². The molecule has 1 aliphatic heterocycles. The number of hydrogen-bond donors (Lipinski definition) is 3. The van der Waals surface area contributed by atoms with E-state index in [1.165, 1.54) is 0 Å². The van der Waals surface area contributed by atoms with Crippen LogP contribution < -0.4 is 11.1 Å². The van der Waals surface area contributed by atoms with Crippen molar-refractivity contribution < 1.29 is 14.7 Å². The molecule has 3 heterocycles. The molecule has 2 aromatic heterocycles. The summed E-state index contributed by atoms with van der Waals surface area (Å²) < 4.78 is 1.71. The van der Waals surface area contributed by atoms with E-state index in [0.717, 1.165) is 60.6 Å². The Labute approximate surface area is 240 Å². The predicted molar refractivity (Wildman–Crippen MR) is 158 cm³/mol. The van der Waals surface area contributed by atoms with Gasteiger partial charge in [0.25, 0.3) is 5.91 Å². The monoisotopic (exact) mass is 560 g/mol. The molecule has 1 aromatic carbocycles. The van der Waals surface area contributed by atoms with Gasteiger partial charge in [0.2, 0.25) is 5.95 Å². The lowest BCUT2D eigenvalue weighted by molar-refractivity contribution is 0.0408. The number of anilines is 2. The van der Waals surface area contributed by atoms with Gasteiger partial charge in [-0.15, -0.1) is 0 Å². The minimum Gasteiger partial charge on any atom is -0.465 e. The Morgan fingerprint density at radius 3 is 2.59 bits per heavy atom. The van der Waals surface area contributed by atoms with Crippen LogP contribution in [0.5, 0.6) is 0 Å². The topological polar surface area (TPSA) is 142 Å². The number of rotatable bonds is 5. The first-order chi connectivity index (χ1) is 19.2. The minimum absolute atomic E-state index is 0.0118. The molecule has 41 heavy (non-hydrogen) atoms. The van der Waals surface area contributed by atoms with Gasteiger partial charge in [-0.1, -0.05) is 26.0 Å². The second-order valence-electron chi connectivity index (χ2n) is 12.8. The zero-order chi connectivity index (χ0) is 29.7. The minimum atomic E-state index is -0.862. The maximum atomic E-state index is 13.6. The van der Waals surface area contributed by atoms with E-state index in [1.54, 1.807) is 15.8 Å². The summed E-state index contributed by atoms with van der Waals surface area (Å²) in [6.07, 6.45) is 3.16. The standard InChI is InChI=1S/C30H40N8O3/c1-29(2,3)38(28(40)41)21-10-12-37(13-11-21)17-18-8-7-9-20(14-18)33-26(39)24-22-25(36(6)35-24)23-19(15-30(22,4)5)16-32-27(31)34-23/h7-9,14,16,21H,10-13,15,17H2,1-6H3,(H,33,39)(H,40,41)(H2,31,32,34). The molecule has 0 atom stereocenters. The number of aryl methyl sites for hydroxylation is 1. The summed E-state index contributed by atoms with van der Waals surface area (Å²) in [6.45, 7) is 12.4. The summed E-state index contributed by atoms with van der Waals surface area (Å²) in [5.74, 6) is -0.0784. The summed E-state index contributed by atoms with van der Waals surface area (Å²) in [4.78, 5) is 38.1. The van der Waals surface area contributed by atoms with Crippen molar-refractivity contribution in [2.75, 3.05) is 24.1 Å². The number of likely N-dealkylation sites (tertiary alicyclic amines) is 1. The lowest BCUT2D eigenvalue weighted by Gasteiger charge is -2.43. The van der Waals surface area contributed by atoms with Crippen LogP contribution in [-0.2, 0) is 25.4 Å². The molecule has 1 aliphatic carbocycles. The number of benzene rings is 1. The Kier molecular flexibility index (Phi) is 7.27. The van der Waals surface area contributed by atoms with Crippen molar-refractivity contribution in [1.29, 1.82) is 0 Å². The normalized spacial score (nSPS) is 17.0. The number of carbonyl (C=O) groups excluding carboxylic acids is 1. The highest BCUT2D eigenvalue weighted by Crippen LogP contribution is 2.43. The molecule has 1 saturated heterocycles. The van der Waals surface area contributed by atoms with E-state index < -0.39 is 11.6 Å². The quantitative estimate of drug-likeness (QED) is 0.420. The second kappa shape index (κ2) is 10.4. The van der Waals surface area contributed by atoms with Crippen molar-refractivity contribution in [1.82, 2.24) is 29.5 Å². The summed E-state index contributed by atoms with van der Waals surface area (Å²) in [7, 11) is 1.82. The summed E-state index contributed by atoms with van der Waals surface area (Å²) >= 11 is 0. The van der Waals surface area contributed by atoms with Crippen molar-refractivity contribution in [3.05, 3.63) is 52.8 Å². The number of nitrogen functional groups attached to an aromatic ring is 1. The third kappa shape index (κ3) is 5.63. The molecule has 2 amide bonds. The van der Waals surface area contributed by atoms with E-state index in [2.05, 4.69) is 39.1 Å². The SMILES string of the molecule is Cn1nc(C(=O)Nc2cccc(CN3CCC(N(C(=O)O)C(C)(C)C)CC3)c2)c2c1-c1nc(N)ncc1CC2(C)C. The molecule has 11 heteroatoms. The first-order valence-electron chi connectivity index (χ1n) is 14.1. The maximum absolute atomic E-state index is 13.6. The number of hydrogen-bond acceptors (Lipinski definition) is 7. The Hall–Kier alpha value is -3.99. The average Bonchev–Trinajstić information content (AvgIpc) is 3.24. The number of nitrogens with two attached hydrogens (primary N) is 1. The fourth-order valence-electron chi connectivity index (χ4n) is 6.44. The molecule has 2 aliphatic rings. The van der Waals surface area contributed by atoms with Crippen LogP contribution in [0.4, 0.5) is 16.4 Å². The third-order valence-corrected chi connectivity index (χ3v) is 8.12. The van der Waals surface area contributed by atoms with E-state index in [4.69, 9.17) is 5.73 Å². The van der Waals surface area contributed by atoms with E-state index >= 15 is 0 Å². The molecule has 11 nitrogen and oxygen atoms in total. The number of nitrogens with one attached hydrogen (secondary N) is 1. The molecule has 0 radical (unpaired) electrons. The lowest BCUT2D eigenvalue weighted by atomic mass is 9.73. The van der Waals surface area contributed by atoms with Crippen molar-refractivity contribution in [2.24, 2.45) is 7.05 Å². The highest BCUT2D eigenvalue weighted by Gasteiger charge is 2.40. The molecule has 0 bridgehead atoms. The molecule has 5 rings (SSSR count). The third-order valence-electron chi connectivity index (χ3n) is 8.12. The first kappa shape index (κ1) is 28.5. The molecular weight excluding hydrogens is 520 g/mol. The molecular formula is C30H40N8O3. The van der Waals surface area contributed by atoms with Gasteiger partial charge in [0.1, 0.15) is 0 Å².